The van der Waals surface area contributed by atoms with Gasteiger partial charge in [0.1, 0.15) is 0 Å². The van der Waals surface area contributed by atoms with Gasteiger partial charge in [-0.1, -0.05) is 31.2 Å². The molecule has 2 rings (SSSR count). The summed E-state index contributed by atoms with van der Waals surface area (Å²) in [5.74, 6) is 0.847. The summed E-state index contributed by atoms with van der Waals surface area (Å²) in [6.07, 6.45) is 2.96. The number of guanidine groups is 1. The Labute approximate surface area is 159 Å². The lowest BCUT2D eigenvalue weighted by Crippen LogP contribution is -2.36. The maximum atomic E-state index is 4.69. The Morgan fingerprint density at radius 2 is 1.91 bits per heavy atom. The molecule has 6 heteroatoms. The second-order valence-electron chi connectivity index (χ2n) is 5.02. The highest BCUT2D eigenvalue weighted by Crippen LogP contribution is 2.12. The summed E-state index contributed by atoms with van der Waals surface area (Å²) in [6.45, 7) is 8.58. The Bertz CT molecular complexity index is 625. The van der Waals surface area contributed by atoms with Gasteiger partial charge in [0, 0.05) is 17.6 Å². The van der Waals surface area contributed by atoms with Crippen LogP contribution in [0.5, 0.6) is 0 Å². The molecule has 126 valence electrons. The highest BCUT2D eigenvalue weighted by atomic mass is 127. The predicted molar refractivity (Wildman–Crippen MR) is 110 cm³/mol. The van der Waals surface area contributed by atoms with Crippen LogP contribution in [0.4, 0.5) is 0 Å². The van der Waals surface area contributed by atoms with Gasteiger partial charge in [-0.05, 0) is 31.4 Å². The van der Waals surface area contributed by atoms with E-state index >= 15 is 0 Å². The first-order valence-electron chi connectivity index (χ1n) is 7.73. The summed E-state index contributed by atoms with van der Waals surface area (Å²) in [5, 5.41) is 7.75. The van der Waals surface area contributed by atoms with Crippen LogP contribution in [-0.2, 0) is 19.5 Å². The normalized spacial score (nSPS) is 11.0. The quantitative estimate of drug-likeness (QED) is 0.404. The number of benzene rings is 1. The lowest BCUT2D eigenvalue weighted by molar-refractivity contribution is 0.820. The summed E-state index contributed by atoms with van der Waals surface area (Å²) in [7, 11) is 0. The van der Waals surface area contributed by atoms with Crippen molar-refractivity contribution >= 4 is 41.3 Å². The smallest absolute Gasteiger partial charge is 0.191 e. The van der Waals surface area contributed by atoms with Gasteiger partial charge in [-0.3, -0.25) is 0 Å². The summed E-state index contributed by atoms with van der Waals surface area (Å²) in [6, 6.07) is 8.48. The fourth-order valence-electron chi connectivity index (χ4n) is 2.22. The van der Waals surface area contributed by atoms with Crippen molar-refractivity contribution < 1.29 is 0 Å². The van der Waals surface area contributed by atoms with Crippen LogP contribution in [0.25, 0.3) is 0 Å². The topological polar surface area (TPSA) is 49.3 Å². The lowest BCUT2D eigenvalue weighted by Gasteiger charge is -2.11. The molecule has 0 atom stereocenters. The Kier molecular flexibility index (Phi) is 9.16. The minimum absolute atomic E-state index is 0. The molecule has 0 aliphatic rings. The van der Waals surface area contributed by atoms with Crippen molar-refractivity contribution in [3.8, 4) is 0 Å². The predicted octanol–water partition coefficient (Wildman–Crippen LogP) is 3.89. The number of rotatable bonds is 6. The van der Waals surface area contributed by atoms with Crippen molar-refractivity contribution in [3.63, 3.8) is 0 Å². The van der Waals surface area contributed by atoms with Crippen molar-refractivity contribution in [1.82, 2.24) is 15.6 Å². The van der Waals surface area contributed by atoms with Crippen LogP contribution in [0.2, 0.25) is 0 Å². The van der Waals surface area contributed by atoms with Gasteiger partial charge in [-0.15, -0.1) is 35.3 Å². The van der Waals surface area contributed by atoms with E-state index in [1.54, 1.807) is 11.3 Å². The van der Waals surface area contributed by atoms with Gasteiger partial charge in [-0.2, -0.15) is 0 Å². The first-order chi connectivity index (χ1) is 10.7. The maximum Gasteiger partial charge on any atom is 0.191 e. The van der Waals surface area contributed by atoms with Crippen molar-refractivity contribution in [3.05, 3.63) is 51.5 Å². The highest BCUT2D eigenvalue weighted by molar-refractivity contribution is 14.0. The lowest BCUT2D eigenvalue weighted by atomic mass is 10.1. The molecule has 0 saturated carbocycles. The molecule has 2 N–H and O–H groups in total. The van der Waals surface area contributed by atoms with Crippen molar-refractivity contribution in [2.24, 2.45) is 4.99 Å². The van der Waals surface area contributed by atoms with E-state index in [1.807, 2.05) is 13.1 Å². The first kappa shape index (κ1) is 19.9. The molecule has 0 radical (unpaired) electrons. The van der Waals surface area contributed by atoms with E-state index in [0.717, 1.165) is 30.5 Å². The molecule has 0 amide bonds. The van der Waals surface area contributed by atoms with E-state index < -0.39 is 0 Å². The number of hydrogen-bond donors (Lipinski definition) is 2. The molecule has 0 fully saturated rings. The van der Waals surface area contributed by atoms with Gasteiger partial charge in [0.2, 0.25) is 0 Å². The number of nitrogens with zero attached hydrogens (tertiary/aromatic N) is 2. The van der Waals surface area contributed by atoms with Crippen molar-refractivity contribution in [2.45, 2.75) is 40.3 Å². The Morgan fingerprint density at radius 3 is 2.52 bits per heavy atom. The standard InChI is InChI=1S/C17H24N4S.HI/c1-4-14-8-6-7-9-15(14)10-20-17(18-5-2)21-12-16-11-19-13(3)22-16;/h6-9,11H,4-5,10,12H2,1-3H3,(H2,18,20,21);1H. The Hall–Kier alpha value is -1.15. The zero-order valence-corrected chi connectivity index (χ0v) is 17.1. The van der Waals surface area contributed by atoms with Gasteiger partial charge in [0.25, 0.3) is 0 Å². The molecule has 0 saturated heterocycles. The number of nitrogens with one attached hydrogen (secondary N) is 2. The van der Waals surface area contributed by atoms with Gasteiger partial charge >= 0.3 is 0 Å². The molecule has 2 aromatic rings. The van der Waals surface area contributed by atoms with Crippen LogP contribution >= 0.6 is 35.3 Å². The van der Waals surface area contributed by atoms with E-state index in [2.05, 4.69) is 53.7 Å². The van der Waals surface area contributed by atoms with Crippen LogP contribution in [0.1, 0.15) is 34.9 Å². The largest absolute Gasteiger partial charge is 0.357 e. The van der Waals surface area contributed by atoms with Crippen LogP contribution in [0.15, 0.2) is 35.5 Å². The number of thiazole rings is 1. The molecule has 1 aromatic heterocycles. The fourth-order valence-corrected chi connectivity index (χ4v) is 2.96. The third-order valence-electron chi connectivity index (χ3n) is 3.35. The molecule has 4 nitrogen and oxygen atoms in total. The zero-order chi connectivity index (χ0) is 15.8. The monoisotopic (exact) mass is 444 g/mol. The summed E-state index contributed by atoms with van der Waals surface area (Å²) < 4.78 is 0. The minimum Gasteiger partial charge on any atom is -0.357 e. The Balaban J connectivity index is 0.00000264. The summed E-state index contributed by atoms with van der Waals surface area (Å²) in [5.41, 5.74) is 2.65. The van der Waals surface area contributed by atoms with Crippen molar-refractivity contribution in [2.75, 3.05) is 6.54 Å². The number of aromatic nitrogens is 1. The third kappa shape index (κ3) is 6.47. The number of halogens is 1. The molecular formula is C17H25IN4S. The highest BCUT2D eigenvalue weighted by Gasteiger charge is 2.03. The molecular weight excluding hydrogens is 419 g/mol. The van der Waals surface area contributed by atoms with E-state index in [1.165, 1.54) is 16.0 Å². The van der Waals surface area contributed by atoms with Gasteiger partial charge < -0.3 is 10.6 Å². The summed E-state index contributed by atoms with van der Waals surface area (Å²) >= 11 is 1.71. The molecule has 0 aliphatic carbocycles. The molecule has 0 unspecified atom stereocenters. The molecule has 1 aromatic carbocycles. The van der Waals surface area contributed by atoms with E-state index in [9.17, 15) is 0 Å². The average Bonchev–Trinajstić information content (AvgIpc) is 2.96. The van der Waals surface area contributed by atoms with E-state index in [4.69, 9.17) is 4.99 Å². The molecule has 0 aliphatic heterocycles. The van der Waals surface area contributed by atoms with Gasteiger partial charge in [0.15, 0.2) is 5.96 Å². The number of aryl methyl sites for hydroxylation is 2. The van der Waals surface area contributed by atoms with E-state index in [-0.39, 0.29) is 24.0 Å². The zero-order valence-electron chi connectivity index (χ0n) is 13.9. The van der Waals surface area contributed by atoms with Gasteiger partial charge in [0.05, 0.1) is 18.1 Å². The second kappa shape index (κ2) is 10.6. The third-order valence-corrected chi connectivity index (χ3v) is 4.26. The van der Waals surface area contributed by atoms with Crippen LogP contribution in [0.3, 0.4) is 0 Å². The minimum atomic E-state index is 0. The van der Waals surface area contributed by atoms with Crippen LogP contribution in [0, 0.1) is 6.92 Å². The fraction of sp³-hybridized carbons (Fsp3) is 0.412. The SMILES string of the molecule is CCNC(=NCc1ccccc1CC)NCc1cnc(C)s1.I. The van der Waals surface area contributed by atoms with Crippen LogP contribution in [-0.4, -0.2) is 17.5 Å². The summed E-state index contributed by atoms with van der Waals surface area (Å²) in [4.78, 5) is 10.2. The number of aliphatic imine (C=N–C) groups is 1. The Morgan fingerprint density at radius 1 is 1.17 bits per heavy atom. The van der Waals surface area contributed by atoms with Gasteiger partial charge in [-0.25, -0.2) is 9.98 Å². The maximum absolute atomic E-state index is 4.69. The van der Waals surface area contributed by atoms with Crippen molar-refractivity contribution in [1.29, 1.82) is 0 Å². The number of hydrogen-bond acceptors (Lipinski definition) is 3. The molecule has 1 heterocycles. The first-order valence-corrected chi connectivity index (χ1v) is 8.54. The second-order valence-corrected chi connectivity index (χ2v) is 6.34. The molecule has 0 spiro atoms. The average molecular weight is 444 g/mol. The van der Waals surface area contributed by atoms with Crippen LogP contribution < -0.4 is 10.6 Å². The molecule has 23 heavy (non-hydrogen) atoms. The molecule has 0 bridgehead atoms. The van der Waals surface area contributed by atoms with E-state index in [0.29, 0.717) is 6.54 Å².